The molecule has 2 rings (SSSR count). The third-order valence-corrected chi connectivity index (χ3v) is 2.87. The van der Waals surface area contributed by atoms with Crippen LogP contribution in [0.2, 0.25) is 0 Å². The van der Waals surface area contributed by atoms with Gasteiger partial charge in [-0.2, -0.15) is 0 Å². The van der Waals surface area contributed by atoms with Gasteiger partial charge in [-0.1, -0.05) is 28.1 Å². The van der Waals surface area contributed by atoms with Crippen LogP contribution in [0, 0.1) is 0 Å². The minimum absolute atomic E-state index is 0.906. The van der Waals surface area contributed by atoms with Gasteiger partial charge in [0.2, 0.25) is 0 Å². The predicted molar refractivity (Wildman–Crippen MR) is 68.0 cm³/mol. The van der Waals surface area contributed by atoms with Crippen LogP contribution in [-0.4, -0.2) is 11.9 Å². The van der Waals surface area contributed by atoms with E-state index in [9.17, 15) is 0 Å². The highest BCUT2D eigenvalue weighted by molar-refractivity contribution is 9.10. The summed E-state index contributed by atoms with van der Waals surface area (Å²) >= 11 is 3.48. The number of benzene rings is 1. The van der Waals surface area contributed by atoms with Gasteiger partial charge in [-0.3, -0.25) is 4.90 Å². The molecule has 0 amide bonds. The topological polar surface area (TPSA) is 16.4 Å². The van der Waals surface area contributed by atoms with Crippen LogP contribution in [0.5, 0.6) is 0 Å². The van der Waals surface area contributed by atoms with Crippen LogP contribution < -0.4 is 0 Å². The van der Waals surface area contributed by atoms with Gasteiger partial charge in [-0.25, -0.2) is 0 Å². The fraction of sp³-hybridized carbons (Fsp3) is 0.231. The van der Waals surface area contributed by atoms with Crippen LogP contribution in [0.4, 0.5) is 0 Å². The minimum Gasteiger partial charge on any atom is -0.472 e. The second-order valence-electron chi connectivity index (χ2n) is 3.93. The van der Waals surface area contributed by atoms with E-state index >= 15 is 0 Å². The lowest BCUT2D eigenvalue weighted by atomic mass is 10.2. The molecule has 0 fully saturated rings. The number of rotatable bonds is 4. The molecule has 1 aromatic heterocycles. The summed E-state index contributed by atoms with van der Waals surface area (Å²) in [6.45, 7) is 1.84. The SMILES string of the molecule is CN(Cc1ccoc1)Cc1cccc(Br)c1. The quantitative estimate of drug-likeness (QED) is 0.849. The van der Waals surface area contributed by atoms with Gasteiger partial charge in [0.15, 0.2) is 0 Å². The molecule has 16 heavy (non-hydrogen) atoms. The molecule has 0 N–H and O–H groups in total. The Morgan fingerprint density at radius 1 is 1.19 bits per heavy atom. The van der Waals surface area contributed by atoms with Gasteiger partial charge >= 0.3 is 0 Å². The second-order valence-corrected chi connectivity index (χ2v) is 4.85. The Bertz CT molecular complexity index is 439. The monoisotopic (exact) mass is 279 g/mol. The molecular formula is C13H14BrNO. The zero-order valence-electron chi connectivity index (χ0n) is 9.19. The van der Waals surface area contributed by atoms with Gasteiger partial charge in [-0.15, -0.1) is 0 Å². The molecule has 0 saturated heterocycles. The molecule has 2 nitrogen and oxygen atoms in total. The van der Waals surface area contributed by atoms with Gasteiger partial charge < -0.3 is 4.42 Å². The van der Waals surface area contributed by atoms with Gasteiger partial charge in [0.05, 0.1) is 12.5 Å². The third-order valence-electron chi connectivity index (χ3n) is 2.37. The second kappa shape index (κ2) is 5.32. The maximum absolute atomic E-state index is 5.05. The molecule has 0 unspecified atom stereocenters. The Balaban J connectivity index is 1.94. The summed E-state index contributed by atoms with van der Waals surface area (Å²) in [6, 6.07) is 10.4. The lowest BCUT2D eigenvalue weighted by Gasteiger charge is -2.15. The van der Waals surface area contributed by atoms with Crippen molar-refractivity contribution in [3.8, 4) is 0 Å². The Morgan fingerprint density at radius 3 is 2.69 bits per heavy atom. The van der Waals surface area contributed by atoms with Crippen LogP contribution in [-0.2, 0) is 13.1 Å². The smallest absolute Gasteiger partial charge is 0.0947 e. The molecule has 2 aromatic rings. The summed E-state index contributed by atoms with van der Waals surface area (Å²) in [5.41, 5.74) is 2.51. The predicted octanol–water partition coefficient (Wildman–Crippen LogP) is 3.67. The van der Waals surface area contributed by atoms with Crippen molar-refractivity contribution in [1.29, 1.82) is 0 Å². The first-order chi connectivity index (χ1) is 7.74. The third kappa shape index (κ3) is 3.22. The van der Waals surface area contributed by atoms with E-state index in [1.165, 1.54) is 11.1 Å². The van der Waals surface area contributed by atoms with E-state index in [-0.39, 0.29) is 0 Å². The van der Waals surface area contributed by atoms with Gasteiger partial charge in [-0.05, 0) is 30.8 Å². The van der Waals surface area contributed by atoms with E-state index in [0.717, 1.165) is 17.6 Å². The van der Waals surface area contributed by atoms with E-state index in [2.05, 4.69) is 46.1 Å². The molecule has 0 aliphatic rings. The van der Waals surface area contributed by atoms with Crippen LogP contribution in [0.3, 0.4) is 0 Å². The molecule has 1 heterocycles. The Morgan fingerprint density at radius 2 is 2.00 bits per heavy atom. The molecule has 0 spiro atoms. The molecular weight excluding hydrogens is 266 g/mol. The number of halogens is 1. The zero-order valence-corrected chi connectivity index (χ0v) is 10.8. The lowest BCUT2D eigenvalue weighted by molar-refractivity contribution is 0.318. The van der Waals surface area contributed by atoms with E-state index in [1.54, 1.807) is 12.5 Å². The molecule has 0 aliphatic heterocycles. The van der Waals surface area contributed by atoms with Crippen molar-refractivity contribution in [2.75, 3.05) is 7.05 Å². The first-order valence-corrected chi connectivity index (χ1v) is 5.97. The average Bonchev–Trinajstić information content (AvgIpc) is 2.70. The highest BCUT2D eigenvalue weighted by Gasteiger charge is 2.02. The van der Waals surface area contributed by atoms with Crippen molar-refractivity contribution >= 4 is 15.9 Å². The van der Waals surface area contributed by atoms with Crippen LogP contribution >= 0.6 is 15.9 Å². The van der Waals surface area contributed by atoms with Crippen molar-refractivity contribution in [2.45, 2.75) is 13.1 Å². The fourth-order valence-electron chi connectivity index (χ4n) is 1.70. The van der Waals surface area contributed by atoms with E-state index in [4.69, 9.17) is 4.42 Å². The van der Waals surface area contributed by atoms with E-state index in [1.807, 2.05) is 12.1 Å². The number of nitrogens with zero attached hydrogens (tertiary/aromatic N) is 1. The molecule has 0 bridgehead atoms. The Hall–Kier alpha value is -1.06. The normalized spacial score (nSPS) is 10.9. The van der Waals surface area contributed by atoms with Crippen LogP contribution in [0.1, 0.15) is 11.1 Å². The highest BCUT2D eigenvalue weighted by Crippen LogP contribution is 2.14. The Kier molecular flexibility index (Phi) is 3.80. The summed E-state index contributed by atoms with van der Waals surface area (Å²) < 4.78 is 6.18. The van der Waals surface area contributed by atoms with Crippen LogP contribution in [0.15, 0.2) is 51.7 Å². The van der Waals surface area contributed by atoms with Crippen molar-refractivity contribution in [3.05, 3.63) is 58.5 Å². The average molecular weight is 280 g/mol. The molecule has 0 saturated carbocycles. The summed E-state index contributed by atoms with van der Waals surface area (Å²) in [4.78, 5) is 2.26. The van der Waals surface area contributed by atoms with Crippen molar-refractivity contribution in [2.24, 2.45) is 0 Å². The summed E-state index contributed by atoms with van der Waals surface area (Å²) in [7, 11) is 2.11. The maximum atomic E-state index is 5.05. The molecule has 3 heteroatoms. The summed E-state index contributed by atoms with van der Waals surface area (Å²) in [6.07, 6.45) is 3.50. The number of hydrogen-bond donors (Lipinski definition) is 0. The van der Waals surface area contributed by atoms with E-state index in [0.29, 0.717) is 0 Å². The fourth-order valence-corrected chi connectivity index (χ4v) is 2.14. The molecule has 0 radical (unpaired) electrons. The lowest BCUT2D eigenvalue weighted by Crippen LogP contribution is -2.16. The van der Waals surface area contributed by atoms with Crippen LogP contribution in [0.25, 0.3) is 0 Å². The molecule has 0 atom stereocenters. The highest BCUT2D eigenvalue weighted by atomic mass is 79.9. The maximum Gasteiger partial charge on any atom is 0.0947 e. The first kappa shape index (κ1) is 11.4. The van der Waals surface area contributed by atoms with Gasteiger partial charge in [0.1, 0.15) is 0 Å². The number of furan rings is 1. The van der Waals surface area contributed by atoms with Gasteiger partial charge in [0, 0.05) is 23.1 Å². The standard InChI is InChI=1S/C13H14BrNO/c1-15(9-12-5-6-16-10-12)8-11-3-2-4-13(14)7-11/h2-7,10H,8-9H2,1H3. The Labute approximate surface area is 104 Å². The first-order valence-electron chi connectivity index (χ1n) is 5.18. The number of hydrogen-bond acceptors (Lipinski definition) is 2. The van der Waals surface area contributed by atoms with Crippen molar-refractivity contribution in [3.63, 3.8) is 0 Å². The minimum atomic E-state index is 0.906. The summed E-state index contributed by atoms with van der Waals surface area (Å²) in [5.74, 6) is 0. The van der Waals surface area contributed by atoms with Gasteiger partial charge in [0.25, 0.3) is 0 Å². The molecule has 1 aromatic carbocycles. The van der Waals surface area contributed by atoms with Crippen molar-refractivity contribution < 1.29 is 4.42 Å². The summed E-state index contributed by atoms with van der Waals surface area (Å²) in [5, 5.41) is 0. The largest absolute Gasteiger partial charge is 0.472 e. The zero-order chi connectivity index (χ0) is 11.4. The van der Waals surface area contributed by atoms with E-state index < -0.39 is 0 Å². The molecule has 0 aliphatic carbocycles. The van der Waals surface area contributed by atoms with Crippen molar-refractivity contribution in [1.82, 2.24) is 4.90 Å². The molecule has 84 valence electrons.